The highest BCUT2D eigenvalue weighted by molar-refractivity contribution is 7.90. The van der Waals surface area contributed by atoms with Crippen molar-refractivity contribution in [1.29, 1.82) is 0 Å². The third-order valence-electron chi connectivity index (χ3n) is 4.11. The zero-order valence-corrected chi connectivity index (χ0v) is 16.1. The first-order chi connectivity index (χ1) is 14.1. The van der Waals surface area contributed by atoms with Gasteiger partial charge < -0.3 is 5.11 Å². The van der Waals surface area contributed by atoms with Crippen molar-refractivity contribution in [3.05, 3.63) is 83.8 Å². The van der Waals surface area contributed by atoms with Gasteiger partial charge in [-0.25, -0.2) is 17.2 Å². The number of hydrogen-bond donors (Lipinski definition) is 1. The molecule has 0 spiro atoms. The molecule has 0 fully saturated rings. The predicted molar refractivity (Wildman–Crippen MR) is 104 cm³/mol. The number of pyridine rings is 1. The van der Waals surface area contributed by atoms with Crippen LogP contribution in [0.15, 0.2) is 67.1 Å². The fourth-order valence-corrected chi connectivity index (χ4v) is 3.93. The molecular formula is C20H15F3N2O4S. The summed E-state index contributed by atoms with van der Waals surface area (Å²) in [5, 5.41) is 9.23. The summed E-state index contributed by atoms with van der Waals surface area (Å²) >= 11 is 0. The number of carbonyl (C=O) groups is 1. The summed E-state index contributed by atoms with van der Waals surface area (Å²) in [6.45, 7) is 0. The third kappa shape index (κ3) is 4.77. The first-order valence-electron chi connectivity index (χ1n) is 8.51. The molecule has 2 aromatic heterocycles. The Morgan fingerprint density at radius 1 is 1.13 bits per heavy atom. The molecule has 0 amide bonds. The Hall–Kier alpha value is -3.40. The van der Waals surface area contributed by atoms with E-state index < -0.39 is 33.5 Å². The standard InChI is InChI=1S/C20H15F3N2O4S/c21-20(22,23)17-9-14(11-24-12-17)5-4-8-30(28,29)25-13-16(19(26)27)10-18(25)15-6-2-1-3-7-15/h1-7,9-13H,8H2,(H,26,27). The van der Waals surface area contributed by atoms with Gasteiger partial charge in [0.25, 0.3) is 0 Å². The van der Waals surface area contributed by atoms with E-state index in [-0.39, 0.29) is 16.8 Å². The number of carboxylic acids is 1. The van der Waals surface area contributed by atoms with Crippen LogP contribution in [-0.2, 0) is 16.2 Å². The van der Waals surface area contributed by atoms with Gasteiger partial charge in [-0.2, -0.15) is 13.2 Å². The van der Waals surface area contributed by atoms with Gasteiger partial charge in [0.2, 0.25) is 10.0 Å². The molecule has 2 heterocycles. The fraction of sp³-hybridized carbons (Fsp3) is 0.100. The molecule has 0 saturated carbocycles. The summed E-state index contributed by atoms with van der Waals surface area (Å²) in [5.41, 5.74) is -0.400. The number of benzene rings is 1. The van der Waals surface area contributed by atoms with Crippen LogP contribution in [0.5, 0.6) is 0 Å². The molecule has 30 heavy (non-hydrogen) atoms. The minimum Gasteiger partial charge on any atom is -0.478 e. The van der Waals surface area contributed by atoms with Crippen LogP contribution in [-0.4, -0.2) is 34.2 Å². The Morgan fingerprint density at radius 3 is 2.47 bits per heavy atom. The number of nitrogens with zero attached hydrogens (tertiary/aromatic N) is 2. The largest absolute Gasteiger partial charge is 0.478 e. The lowest BCUT2D eigenvalue weighted by atomic mass is 10.1. The third-order valence-corrected chi connectivity index (χ3v) is 5.62. The minimum atomic E-state index is -4.56. The fourth-order valence-electron chi connectivity index (χ4n) is 2.70. The molecule has 156 valence electrons. The van der Waals surface area contributed by atoms with Crippen molar-refractivity contribution >= 4 is 22.1 Å². The van der Waals surface area contributed by atoms with Crippen molar-refractivity contribution in [1.82, 2.24) is 8.96 Å². The van der Waals surface area contributed by atoms with Gasteiger partial charge in [-0.05, 0) is 23.3 Å². The Kier molecular flexibility index (Phi) is 5.79. The highest BCUT2D eigenvalue weighted by atomic mass is 32.2. The van der Waals surface area contributed by atoms with E-state index in [4.69, 9.17) is 0 Å². The average molecular weight is 436 g/mol. The van der Waals surface area contributed by atoms with E-state index in [0.29, 0.717) is 11.8 Å². The van der Waals surface area contributed by atoms with E-state index in [2.05, 4.69) is 4.98 Å². The number of halogens is 3. The maximum Gasteiger partial charge on any atom is 0.417 e. The van der Waals surface area contributed by atoms with Crippen molar-refractivity contribution in [3.63, 3.8) is 0 Å². The van der Waals surface area contributed by atoms with Crippen LogP contribution in [0.4, 0.5) is 13.2 Å². The molecule has 1 aromatic carbocycles. The van der Waals surface area contributed by atoms with Gasteiger partial charge in [-0.15, -0.1) is 0 Å². The van der Waals surface area contributed by atoms with Gasteiger partial charge in [0.1, 0.15) is 0 Å². The zero-order valence-electron chi connectivity index (χ0n) is 15.2. The Morgan fingerprint density at radius 2 is 1.83 bits per heavy atom. The number of alkyl halides is 3. The van der Waals surface area contributed by atoms with E-state index in [9.17, 15) is 31.5 Å². The molecule has 1 N–H and O–H groups in total. The smallest absolute Gasteiger partial charge is 0.417 e. The normalized spacial score (nSPS) is 12.4. The highest BCUT2D eigenvalue weighted by Gasteiger charge is 2.30. The molecule has 0 atom stereocenters. The van der Waals surface area contributed by atoms with Crippen LogP contribution in [0.25, 0.3) is 17.3 Å². The summed E-state index contributed by atoms with van der Waals surface area (Å²) < 4.78 is 64.8. The molecule has 6 nitrogen and oxygen atoms in total. The van der Waals surface area contributed by atoms with Crippen molar-refractivity contribution in [2.24, 2.45) is 0 Å². The maximum absolute atomic E-state index is 12.8. The Labute approximate surface area is 170 Å². The van der Waals surface area contributed by atoms with Crippen molar-refractivity contribution in [2.45, 2.75) is 6.18 Å². The lowest BCUT2D eigenvalue weighted by Gasteiger charge is -2.09. The highest BCUT2D eigenvalue weighted by Crippen LogP contribution is 2.29. The van der Waals surface area contributed by atoms with E-state index in [1.165, 1.54) is 24.4 Å². The first-order valence-corrected chi connectivity index (χ1v) is 10.1. The second-order valence-electron chi connectivity index (χ2n) is 6.27. The molecule has 3 rings (SSSR count). The van der Waals surface area contributed by atoms with E-state index >= 15 is 0 Å². The maximum atomic E-state index is 12.8. The SMILES string of the molecule is O=C(O)c1cc(-c2ccccc2)n(S(=O)(=O)CC=Cc2cncc(C(F)(F)F)c2)c1. The van der Waals surface area contributed by atoms with Gasteiger partial charge in [-0.3, -0.25) is 4.98 Å². The van der Waals surface area contributed by atoms with Crippen LogP contribution in [0.2, 0.25) is 0 Å². The number of aromatic nitrogens is 2. The molecule has 0 aliphatic rings. The van der Waals surface area contributed by atoms with E-state index in [1.807, 2.05) is 0 Å². The summed E-state index contributed by atoms with van der Waals surface area (Å²) in [6.07, 6.45) is 0.677. The monoisotopic (exact) mass is 436 g/mol. The van der Waals surface area contributed by atoms with Crippen molar-refractivity contribution in [3.8, 4) is 11.3 Å². The number of rotatable bonds is 6. The second kappa shape index (κ2) is 8.15. The van der Waals surface area contributed by atoms with Crippen molar-refractivity contribution in [2.75, 3.05) is 5.75 Å². The lowest BCUT2D eigenvalue weighted by Crippen LogP contribution is -2.15. The van der Waals surface area contributed by atoms with E-state index in [1.54, 1.807) is 30.3 Å². The van der Waals surface area contributed by atoms with Crippen LogP contribution in [0.1, 0.15) is 21.5 Å². The van der Waals surface area contributed by atoms with Gasteiger partial charge >= 0.3 is 12.1 Å². The number of carboxylic acid groups (broad SMARTS) is 1. The van der Waals surface area contributed by atoms with Gasteiger partial charge in [0.05, 0.1) is 22.6 Å². The molecular weight excluding hydrogens is 421 g/mol. The van der Waals surface area contributed by atoms with Crippen LogP contribution < -0.4 is 0 Å². The van der Waals surface area contributed by atoms with E-state index in [0.717, 1.165) is 16.2 Å². The topological polar surface area (TPSA) is 89.3 Å². The molecule has 0 unspecified atom stereocenters. The number of aromatic carboxylic acids is 1. The van der Waals surface area contributed by atoms with Crippen molar-refractivity contribution < 1.29 is 31.5 Å². The Bertz CT molecular complexity index is 1200. The molecule has 0 bridgehead atoms. The predicted octanol–water partition coefficient (Wildman–Crippen LogP) is 4.16. The molecule has 0 aliphatic carbocycles. The van der Waals surface area contributed by atoms with Crippen LogP contribution >= 0.6 is 0 Å². The number of hydrogen-bond acceptors (Lipinski definition) is 4. The van der Waals surface area contributed by atoms with Gasteiger partial charge in [0.15, 0.2) is 0 Å². The Balaban J connectivity index is 1.91. The quantitative estimate of drug-likeness (QED) is 0.627. The average Bonchev–Trinajstić information content (AvgIpc) is 3.15. The molecule has 0 aliphatic heterocycles. The summed E-state index contributed by atoms with van der Waals surface area (Å²) in [4.78, 5) is 14.8. The van der Waals surface area contributed by atoms with Crippen LogP contribution in [0.3, 0.4) is 0 Å². The summed E-state index contributed by atoms with van der Waals surface area (Å²) in [6, 6.07) is 10.5. The lowest BCUT2D eigenvalue weighted by molar-refractivity contribution is -0.137. The molecule has 0 radical (unpaired) electrons. The molecule has 3 aromatic rings. The van der Waals surface area contributed by atoms with Gasteiger partial charge in [-0.1, -0.05) is 42.5 Å². The summed E-state index contributed by atoms with van der Waals surface area (Å²) in [7, 11) is -4.04. The second-order valence-corrected chi connectivity index (χ2v) is 8.16. The van der Waals surface area contributed by atoms with Crippen LogP contribution in [0, 0.1) is 0 Å². The van der Waals surface area contributed by atoms with Gasteiger partial charge in [0, 0.05) is 18.6 Å². The minimum absolute atomic E-state index is 0.0852. The first kappa shape index (κ1) is 21.3. The zero-order chi connectivity index (χ0) is 21.9. The molecule has 0 saturated heterocycles. The molecule has 10 heteroatoms. The summed E-state index contributed by atoms with van der Waals surface area (Å²) in [5.74, 6) is -1.84.